The van der Waals surface area contributed by atoms with Crippen LogP contribution in [0.25, 0.3) is 20.8 Å². The van der Waals surface area contributed by atoms with E-state index in [4.69, 9.17) is 4.74 Å². The Kier molecular flexibility index (Phi) is 6.51. The lowest BCUT2D eigenvalue weighted by molar-refractivity contribution is -0.121. The molecule has 0 aliphatic carbocycles. The summed E-state index contributed by atoms with van der Waals surface area (Å²) in [6, 6.07) is 9.74. The Morgan fingerprint density at radius 2 is 2.00 bits per heavy atom. The quantitative estimate of drug-likeness (QED) is 0.577. The number of carbonyl (C=O) groups excluding carboxylic acids is 1. The van der Waals surface area contributed by atoms with Gasteiger partial charge in [-0.1, -0.05) is 30.3 Å². The van der Waals surface area contributed by atoms with E-state index in [1.165, 1.54) is 16.0 Å². The molecule has 8 nitrogen and oxygen atoms in total. The molecule has 1 aromatic carbocycles. The zero-order valence-electron chi connectivity index (χ0n) is 17.0. The SMILES string of the molecule is Cc1nn(CC(=O)NCCCN2CCOCC2)c(=O)c2nc(-c3ccccc3)sc12. The van der Waals surface area contributed by atoms with Crippen molar-refractivity contribution < 1.29 is 9.53 Å². The van der Waals surface area contributed by atoms with Gasteiger partial charge in [-0.05, 0) is 19.9 Å². The molecule has 0 radical (unpaired) electrons. The van der Waals surface area contributed by atoms with Crippen molar-refractivity contribution in [1.29, 1.82) is 0 Å². The number of hydrogen-bond acceptors (Lipinski definition) is 7. The van der Waals surface area contributed by atoms with Gasteiger partial charge in [0, 0.05) is 25.2 Å². The summed E-state index contributed by atoms with van der Waals surface area (Å²) in [6.45, 7) is 6.64. The van der Waals surface area contributed by atoms with E-state index in [0.29, 0.717) is 17.8 Å². The van der Waals surface area contributed by atoms with Gasteiger partial charge in [-0.2, -0.15) is 5.10 Å². The first-order valence-corrected chi connectivity index (χ1v) is 10.9. The number of ether oxygens (including phenoxy) is 1. The van der Waals surface area contributed by atoms with Gasteiger partial charge in [-0.25, -0.2) is 9.67 Å². The number of fused-ring (bicyclic) bond motifs is 1. The van der Waals surface area contributed by atoms with Crippen molar-refractivity contribution in [1.82, 2.24) is 25.0 Å². The first-order chi connectivity index (χ1) is 14.6. The molecule has 30 heavy (non-hydrogen) atoms. The van der Waals surface area contributed by atoms with Gasteiger partial charge in [0.25, 0.3) is 5.56 Å². The van der Waals surface area contributed by atoms with E-state index >= 15 is 0 Å². The summed E-state index contributed by atoms with van der Waals surface area (Å²) >= 11 is 1.45. The fourth-order valence-corrected chi connectivity index (χ4v) is 4.47. The highest BCUT2D eigenvalue weighted by atomic mass is 32.1. The Hall–Kier alpha value is -2.62. The highest BCUT2D eigenvalue weighted by Gasteiger charge is 2.16. The van der Waals surface area contributed by atoms with Crippen LogP contribution in [0.2, 0.25) is 0 Å². The van der Waals surface area contributed by atoms with Crippen molar-refractivity contribution in [2.45, 2.75) is 19.9 Å². The second-order valence-electron chi connectivity index (χ2n) is 7.27. The van der Waals surface area contributed by atoms with Crippen LogP contribution < -0.4 is 10.9 Å². The molecular formula is C21H25N5O3S. The van der Waals surface area contributed by atoms with Gasteiger partial charge in [0.1, 0.15) is 11.6 Å². The van der Waals surface area contributed by atoms with Crippen molar-refractivity contribution in [2.75, 3.05) is 39.4 Å². The minimum Gasteiger partial charge on any atom is -0.379 e. The third-order valence-electron chi connectivity index (χ3n) is 5.05. The number of hydrogen-bond donors (Lipinski definition) is 1. The summed E-state index contributed by atoms with van der Waals surface area (Å²) < 4.78 is 7.31. The summed E-state index contributed by atoms with van der Waals surface area (Å²) in [7, 11) is 0. The van der Waals surface area contributed by atoms with Gasteiger partial charge in [0.05, 0.1) is 23.6 Å². The lowest BCUT2D eigenvalue weighted by atomic mass is 10.2. The third kappa shape index (κ3) is 4.75. The molecule has 3 heterocycles. The van der Waals surface area contributed by atoms with Gasteiger partial charge < -0.3 is 10.1 Å². The molecule has 2 aromatic heterocycles. The Morgan fingerprint density at radius 3 is 2.77 bits per heavy atom. The Balaban J connectivity index is 1.40. The van der Waals surface area contributed by atoms with Crippen LogP contribution in [0.4, 0.5) is 0 Å². The van der Waals surface area contributed by atoms with Crippen molar-refractivity contribution in [3.8, 4) is 10.6 Å². The number of benzene rings is 1. The van der Waals surface area contributed by atoms with E-state index in [1.54, 1.807) is 0 Å². The summed E-state index contributed by atoms with van der Waals surface area (Å²) in [5, 5.41) is 8.00. The topological polar surface area (TPSA) is 89.4 Å². The monoisotopic (exact) mass is 427 g/mol. The molecule has 1 saturated heterocycles. The predicted octanol–water partition coefficient (Wildman–Crippen LogP) is 1.67. The minimum atomic E-state index is -0.336. The minimum absolute atomic E-state index is 0.106. The zero-order valence-corrected chi connectivity index (χ0v) is 17.8. The number of carbonyl (C=O) groups is 1. The number of morpholine rings is 1. The highest BCUT2D eigenvalue weighted by Crippen LogP contribution is 2.29. The maximum Gasteiger partial charge on any atom is 0.294 e. The number of nitrogens with one attached hydrogen (secondary N) is 1. The summed E-state index contributed by atoms with van der Waals surface area (Å²) in [5.41, 5.74) is 1.69. The van der Waals surface area contributed by atoms with Crippen molar-refractivity contribution in [3.63, 3.8) is 0 Å². The van der Waals surface area contributed by atoms with E-state index in [-0.39, 0.29) is 18.0 Å². The average molecular weight is 428 g/mol. The summed E-state index contributed by atoms with van der Waals surface area (Å²) in [4.78, 5) is 32.0. The van der Waals surface area contributed by atoms with Crippen LogP contribution in [-0.4, -0.2) is 65.0 Å². The average Bonchev–Trinajstić information content (AvgIpc) is 3.23. The number of nitrogens with zero attached hydrogens (tertiary/aromatic N) is 4. The van der Waals surface area contributed by atoms with Gasteiger partial charge in [0.15, 0.2) is 5.52 Å². The van der Waals surface area contributed by atoms with Crippen LogP contribution in [0, 0.1) is 6.92 Å². The fraction of sp³-hybridized carbons (Fsp3) is 0.429. The van der Waals surface area contributed by atoms with Crippen molar-refractivity contribution in [3.05, 3.63) is 46.4 Å². The molecule has 0 atom stereocenters. The molecule has 0 unspecified atom stereocenters. The second-order valence-corrected chi connectivity index (χ2v) is 8.27. The molecule has 1 aliphatic heterocycles. The van der Waals surface area contributed by atoms with Gasteiger partial charge in [-0.3, -0.25) is 14.5 Å². The molecule has 1 fully saturated rings. The Labute approximate surface area is 178 Å². The van der Waals surface area contributed by atoms with Crippen LogP contribution in [0.1, 0.15) is 12.1 Å². The lowest BCUT2D eigenvalue weighted by Crippen LogP contribution is -2.39. The van der Waals surface area contributed by atoms with E-state index in [1.807, 2.05) is 37.3 Å². The molecule has 0 bridgehead atoms. The standard InChI is InChI=1S/C21H25N5O3S/c1-15-19-18(23-20(30-19)16-6-3-2-4-7-16)21(28)26(24-15)14-17(27)22-8-5-9-25-10-12-29-13-11-25/h2-4,6-7H,5,8-14H2,1H3,(H,22,27). The number of rotatable bonds is 7. The van der Waals surface area contributed by atoms with Crippen LogP contribution in [-0.2, 0) is 16.1 Å². The number of thiazole rings is 1. The van der Waals surface area contributed by atoms with Crippen LogP contribution >= 0.6 is 11.3 Å². The largest absolute Gasteiger partial charge is 0.379 e. The van der Waals surface area contributed by atoms with Crippen molar-refractivity contribution in [2.24, 2.45) is 0 Å². The number of aryl methyl sites for hydroxylation is 1. The first kappa shape index (κ1) is 20.6. The highest BCUT2D eigenvalue weighted by molar-refractivity contribution is 7.21. The summed E-state index contributed by atoms with van der Waals surface area (Å²) in [6.07, 6.45) is 0.860. The zero-order chi connectivity index (χ0) is 20.9. The third-order valence-corrected chi connectivity index (χ3v) is 6.27. The maximum atomic E-state index is 12.8. The van der Waals surface area contributed by atoms with Gasteiger partial charge in [0.2, 0.25) is 5.91 Å². The van der Waals surface area contributed by atoms with Gasteiger partial charge in [-0.15, -0.1) is 11.3 Å². The molecular weight excluding hydrogens is 402 g/mol. The predicted molar refractivity (Wildman–Crippen MR) is 117 cm³/mol. The Morgan fingerprint density at radius 1 is 1.23 bits per heavy atom. The first-order valence-electron chi connectivity index (χ1n) is 10.1. The molecule has 9 heteroatoms. The molecule has 1 aliphatic rings. The second kappa shape index (κ2) is 9.46. The van der Waals surface area contributed by atoms with Crippen LogP contribution in [0.15, 0.2) is 35.1 Å². The van der Waals surface area contributed by atoms with E-state index in [2.05, 4.69) is 20.3 Å². The maximum absolute atomic E-state index is 12.8. The van der Waals surface area contributed by atoms with E-state index in [0.717, 1.165) is 54.5 Å². The smallest absolute Gasteiger partial charge is 0.294 e. The molecule has 0 spiro atoms. The Bertz CT molecular complexity index is 1070. The fourth-order valence-electron chi connectivity index (χ4n) is 3.46. The lowest BCUT2D eigenvalue weighted by Gasteiger charge is -2.26. The van der Waals surface area contributed by atoms with Gasteiger partial charge >= 0.3 is 0 Å². The van der Waals surface area contributed by atoms with E-state index in [9.17, 15) is 9.59 Å². The van der Waals surface area contributed by atoms with Crippen LogP contribution in [0.5, 0.6) is 0 Å². The molecule has 0 saturated carbocycles. The van der Waals surface area contributed by atoms with E-state index < -0.39 is 0 Å². The molecule has 1 amide bonds. The number of aromatic nitrogens is 3. The molecule has 4 rings (SSSR count). The molecule has 3 aromatic rings. The van der Waals surface area contributed by atoms with Crippen LogP contribution in [0.3, 0.4) is 0 Å². The van der Waals surface area contributed by atoms with Crippen molar-refractivity contribution >= 4 is 27.5 Å². The summed E-state index contributed by atoms with van der Waals surface area (Å²) in [5.74, 6) is -0.219. The molecule has 158 valence electrons. The number of amides is 1. The normalized spacial score (nSPS) is 14.8. The molecule has 1 N–H and O–H groups in total.